The first-order valence-electron chi connectivity index (χ1n) is 10.6. The van der Waals surface area contributed by atoms with E-state index >= 15 is 0 Å². The Morgan fingerprint density at radius 3 is 2.79 bits per heavy atom. The molecule has 2 heterocycles. The van der Waals surface area contributed by atoms with Gasteiger partial charge < -0.3 is 14.4 Å². The number of hydrogen-bond acceptors (Lipinski definition) is 4. The van der Waals surface area contributed by atoms with E-state index in [1.807, 2.05) is 36.1 Å². The monoisotopic (exact) mass is 383 g/mol. The van der Waals surface area contributed by atoms with Gasteiger partial charge in [0.05, 0.1) is 24.1 Å². The molecular weight excluding hydrogens is 354 g/mol. The molecule has 3 aliphatic rings. The quantitative estimate of drug-likeness (QED) is 0.739. The lowest BCUT2D eigenvalue weighted by Gasteiger charge is -2.35. The average Bonchev–Trinajstić information content (AvgIpc) is 2.99. The van der Waals surface area contributed by atoms with Gasteiger partial charge in [0, 0.05) is 6.54 Å². The molecule has 3 atom stereocenters. The van der Waals surface area contributed by atoms with Gasteiger partial charge in [0.15, 0.2) is 11.5 Å². The fraction of sp³-hybridized carbons (Fsp3) is 0.565. The van der Waals surface area contributed by atoms with Gasteiger partial charge in [0.1, 0.15) is 11.9 Å². The number of benzene rings is 1. The van der Waals surface area contributed by atoms with Crippen molar-refractivity contribution < 1.29 is 19.1 Å². The third kappa shape index (κ3) is 3.21. The van der Waals surface area contributed by atoms with Crippen LogP contribution in [-0.2, 0) is 14.3 Å². The minimum Gasteiger partial charge on any atom is -0.494 e. The summed E-state index contributed by atoms with van der Waals surface area (Å²) in [6.07, 6.45) is 5.58. The predicted octanol–water partition coefficient (Wildman–Crippen LogP) is 4.18. The van der Waals surface area contributed by atoms with Gasteiger partial charge in [-0.1, -0.05) is 31.9 Å². The molecule has 2 aliphatic heterocycles. The Hall–Kier alpha value is -2.30. The SMILES string of the molecule is CCCCN1C(=O)C2=C(C(=O)C3CCCCC3O2)C1c1cccc(OCC)c1. The van der Waals surface area contributed by atoms with Crippen LogP contribution in [0.1, 0.15) is 64.0 Å². The highest BCUT2D eigenvalue weighted by molar-refractivity contribution is 6.11. The van der Waals surface area contributed by atoms with Gasteiger partial charge in [0.25, 0.3) is 5.91 Å². The standard InChI is InChI=1S/C23H29NO4/c1-3-5-13-24-20(15-9-8-10-16(14-15)27-4-2)19-21(25)17-11-6-7-12-18(17)28-22(19)23(24)26/h8-10,14,17-18,20H,3-7,11-13H2,1-2H3. The zero-order valence-electron chi connectivity index (χ0n) is 16.8. The molecule has 0 bridgehead atoms. The van der Waals surface area contributed by atoms with Gasteiger partial charge in [-0.05, 0) is 50.3 Å². The summed E-state index contributed by atoms with van der Waals surface area (Å²) in [6.45, 7) is 5.25. The Bertz CT molecular complexity index is 800. The normalized spacial score (nSPS) is 26.8. The number of rotatable bonds is 6. The fourth-order valence-electron chi connectivity index (χ4n) is 4.74. The topological polar surface area (TPSA) is 55.8 Å². The Morgan fingerprint density at radius 1 is 1.18 bits per heavy atom. The summed E-state index contributed by atoms with van der Waals surface area (Å²) in [6, 6.07) is 7.40. The largest absolute Gasteiger partial charge is 0.494 e. The predicted molar refractivity (Wildman–Crippen MR) is 106 cm³/mol. The molecule has 1 saturated carbocycles. The van der Waals surface area contributed by atoms with Crippen molar-refractivity contribution in [1.29, 1.82) is 0 Å². The smallest absolute Gasteiger partial charge is 0.290 e. The van der Waals surface area contributed by atoms with Crippen LogP contribution < -0.4 is 4.74 Å². The number of fused-ring (bicyclic) bond motifs is 1. The van der Waals surface area contributed by atoms with Gasteiger partial charge in [-0.3, -0.25) is 9.59 Å². The molecule has 1 aromatic carbocycles. The van der Waals surface area contributed by atoms with Gasteiger partial charge in [0.2, 0.25) is 0 Å². The number of unbranched alkanes of at least 4 members (excludes halogenated alkanes) is 1. The van der Waals surface area contributed by atoms with Crippen molar-refractivity contribution in [1.82, 2.24) is 4.90 Å². The van der Waals surface area contributed by atoms with E-state index in [-0.39, 0.29) is 29.8 Å². The molecule has 1 aromatic rings. The molecule has 1 aliphatic carbocycles. The van der Waals surface area contributed by atoms with E-state index < -0.39 is 0 Å². The van der Waals surface area contributed by atoms with Crippen molar-refractivity contribution in [2.75, 3.05) is 13.2 Å². The summed E-state index contributed by atoms with van der Waals surface area (Å²) < 4.78 is 11.8. The molecule has 1 fully saturated rings. The minimum atomic E-state index is -0.371. The summed E-state index contributed by atoms with van der Waals surface area (Å²) in [5, 5.41) is 0. The molecule has 5 heteroatoms. The van der Waals surface area contributed by atoms with Crippen LogP contribution in [0.15, 0.2) is 35.6 Å². The first kappa shape index (κ1) is 19.0. The van der Waals surface area contributed by atoms with Gasteiger partial charge in [-0.15, -0.1) is 0 Å². The molecule has 3 unspecified atom stereocenters. The van der Waals surface area contributed by atoms with Crippen LogP contribution >= 0.6 is 0 Å². The molecule has 1 amide bonds. The highest BCUT2D eigenvalue weighted by atomic mass is 16.5. The van der Waals surface area contributed by atoms with Crippen molar-refractivity contribution >= 4 is 11.7 Å². The van der Waals surface area contributed by atoms with Crippen LogP contribution in [0.2, 0.25) is 0 Å². The molecule has 0 saturated heterocycles. The van der Waals surface area contributed by atoms with Crippen LogP contribution in [0.25, 0.3) is 0 Å². The van der Waals surface area contributed by atoms with E-state index in [1.165, 1.54) is 0 Å². The summed E-state index contributed by atoms with van der Waals surface area (Å²) in [5.41, 5.74) is 1.49. The number of nitrogens with zero attached hydrogens (tertiary/aromatic N) is 1. The number of carbonyl (C=O) groups is 2. The van der Waals surface area contributed by atoms with Crippen molar-refractivity contribution in [3.63, 3.8) is 0 Å². The summed E-state index contributed by atoms with van der Waals surface area (Å²) >= 11 is 0. The minimum absolute atomic E-state index is 0.107. The maximum absolute atomic E-state index is 13.5. The average molecular weight is 383 g/mol. The molecule has 150 valence electrons. The van der Waals surface area contributed by atoms with Gasteiger partial charge in [-0.2, -0.15) is 0 Å². The van der Waals surface area contributed by atoms with E-state index in [0.29, 0.717) is 24.5 Å². The molecule has 4 rings (SSSR count). The molecule has 0 aromatic heterocycles. The summed E-state index contributed by atoms with van der Waals surface area (Å²) in [4.78, 5) is 28.5. The van der Waals surface area contributed by atoms with Crippen LogP contribution in [0.4, 0.5) is 0 Å². The van der Waals surface area contributed by atoms with Crippen molar-refractivity contribution in [3.8, 4) is 5.75 Å². The fourth-order valence-corrected chi connectivity index (χ4v) is 4.74. The van der Waals surface area contributed by atoms with Crippen LogP contribution in [-0.4, -0.2) is 35.8 Å². The van der Waals surface area contributed by atoms with Crippen molar-refractivity contribution in [2.45, 2.75) is 64.5 Å². The lowest BCUT2D eigenvalue weighted by molar-refractivity contribution is -0.135. The second-order valence-electron chi connectivity index (χ2n) is 7.91. The Morgan fingerprint density at radius 2 is 2.00 bits per heavy atom. The zero-order chi connectivity index (χ0) is 19.7. The highest BCUT2D eigenvalue weighted by Crippen LogP contribution is 2.47. The molecular formula is C23H29NO4. The second kappa shape index (κ2) is 7.98. The summed E-state index contributed by atoms with van der Waals surface area (Å²) in [5.74, 6) is 0.939. The zero-order valence-corrected chi connectivity index (χ0v) is 16.8. The first-order valence-corrected chi connectivity index (χ1v) is 10.6. The van der Waals surface area contributed by atoms with Crippen molar-refractivity contribution in [3.05, 3.63) is 41.2 Å². The Kier molecular flexibility index (Phi) is 5.42. The number of ether oxygens (including phenoxy) is 2. The van der Waals surface area contributed by atoms with E-state index in [0.717, 1.165) is 49.8 Å². The molecule has 0 spiro atoms. The van der Waals surface area contributed by atoms with E-state index in [1.54, 1.807) is 0 Å². The molecule has 0 radical (unpaired) electrons. The third-order valence-corrected chi connectivity index (χ3v) is 6.10. The second-order valence-corrected chi connectivity index (χ2v) is 7.91. The third-order valence-electron chi connectivity index (χ3n) is 6.10. The number of carbonyl (C=O) groups excluding carboxylic acids is 2. The Labute approximate surface area is 166 Å². The highest BCUT2D eigenvalue weighted by Gasteiger charge is 2.51. The van der Waals surface area contributed by atoms with Gasteiger partial charge >= 0.3 is 0 Å². The van der Waals surface area contributed by atoms with Crippen molar-refractivity contribution in [2.24, 2.45) is 5.92 Å². The maximum Gasteiger partial charge on any atom is 0.290 e. The molecule has 28 heavy (non-hydrogen) atoms. The number of hydrogen-bond donors (Lipinski definition) is 0. The van der Waals surface area contributed by atoms with E-state index in [9.17, 15) is 9.59 Å². The molecule has 5 nitrogen and oxygen atoms in total. The lowest BCUT2D eigenvalue weighted by atomic mass is 9.77. The number of amides is 1. The summed E-state index contributed by atoms with van der Waals surface area (Å²) in [7, 11) is 0. The maximum atomic E-state index is 13.5. The number of Topliss-reactive ketones (excluding diaryl/α,β-unsaturated/α-hetero) is 1. The lowest BCUT2D eigenvalue weighted by Crippen LogP contribution is -2.39. The van der Waals surface area contributed by atoms with Crippen LogP contribution in [0, 0.1) is 5.92 Å². The van der Waals surface area contributed by atoms with Crippen LogP contribution in [0.5, 0.6) is 5.75 Å². The number of ketones is 1. The Balaban J connectivity index is 1.76. The van der Waals surface area contributed by atoms with E-state index in [4.69, 9.17) is 9.47 Å². The van der Waals surface area contributed by atoms with Gasteiger partial charge in [-0.25, -0.2) is 0 Å². The van der Waals surface area contributed by atoms with Crippen LogP contribution in [0.3, 0.4) is 0 Å². The first-order chi connectivity index (χ1) is 13.7. The van der Waals surface area contributed by atoms with E-state index in [2.05, 4.69) is 6.92 Å². The molecule has 0 N–H and O–H groups in total.